The van der Waals surface area contributed by atoms with Crippen LogP contribution in [0.3, 0.4) is 0 Å². The molecule has 0 aliphatic carbocycles. The van der Waals surface area contributed by atoms with Crippen LogP contribution in [-0.4, -0.2) is 49.2 Å². The lowest BCUT2D eigenvalue weighted by Crippen LogP contribution is -2.33. The Morgan fingerprint density at radius 1 is 1.11 bits per heavy atom. The number of ether oxygens (including phenoxy) is 2. The number of rotatable bonds is 7. The molecular formula is C15H23NO3. The van der Waals surface area contributed by atoms with Crippen molar-refractivity contribution in [3.63, 3.8) is 0 Å². The van der Waals surface area contributed by atoms with Crippen LogP contribution in [0, 0.1) is 0 Å². The molecule has 0 unspecified atom stereocenters. The standard InChI is InChI=1S/C15H23NO3/c17-10-9-16(13-14-5-2-1-3-6-14)8-7-15-18-11-4-12-19-15/h1-3,5-6,15,17H,4,7-13H2. The molecule has 1 aliphatic heterocycles. The van der Waals surface area contributed by atoms with Crippen LogP contribution >= 0.6 is 0 Å². The first-order valence-electron chi connectivity index (χ1n) is 6.99. The molecular weight excluding hydrogens is 242 g/mol. The molecule has 106 valence electrons. The molecule has 0 spiro atoms. The van der Waals surface area contributed by atoms with Gasteiger partial charge in [0.2, 0.25) is 0 Å². The van der Waals surface area contributed by atoms with Crippen molar-refractivity contribution in [2.24, 2.45) is 0 Å². The summed E-state index contributed by atoms with van der Waals surface area (Å²) in [5.41, 5.74) is 1.27. The zero-order chi connectivity index (χ0) is 13.3. The number of aliphatic hydroxyl groups is 1. The smallest absolute Gasteiger partial charge is 0.158 e. The van der Waals surface area contributed by atoms with E-state index in [2.05, 4.69) is 17.0 Å². The second-order valence-electron chi connectivity index (χ2n) is 4.80. The Bertz CT molecular complexity index is 339. The Labute approximate surface area is 114 Å². The van der Waals surface area contributed by atoms with E-state index in [4.69, 9.17) is 14.6 Å². The molecule has 0 bridgehead atoms. The molecule has 0 atom stereocenters. The molecule has 19 heavy (non-hydrogen) atoms. The van der Waals surface area contributed by atoms with Crippen LogP contribution in [0.4, 0.5) is 0 Å². The zero-order valence-corrected chi connectivity index (χ0v) is 11.3. The predicted molar refractivity (Wildman–Crippen MR) is 73.7 cm³/mol. The monoisotopic (exact) mass is 265 g/mol. The van der Waals surface area contributed by atoms with E-state index in [1.54, 1.807) is 0 Å². The van der Waals surface area contributed by atoms with E-state index < -0.39 is 0 Å². The van der Waals surface area contributed by atoms with Crippen LogP contribution in [0.2, 0.25) is 0 Å². The van der Waals surface area contributed by atoms with Gasteiger partial charge in [0.15, 0.2) is 6.29 Å². The Kier molecular flexibility index (Phi) is 6.30. The molecule has 1 saturated heterocycles. The van der Waals surface area contributed by atoms with Crippen LogP contribution < -0.4 is 0 Å². The quantitative estimate of drug-likeness (QED) is 0.813. The van der Waals surface area contributed by atoms with Gasteiger partial charge in [-0.05, 0) is 12.0 Å². The summed E-state index contributed by atoms with van der Waals surface area (Å²) in [7, 11) is 0. The van der Waals surface area contributed by atoms with Gasteiger partial charge in [-0.15, -0.1) is 0 Å². The minimum atomic E-state index is -0.0780. The topological polar surface area (TPSA) is 41.9 Å². The van der Waals surface area contributed by atoms with E-state index in [9.17, 15) is 0 Å². The highest BCUT2D eigenvalue weighted by Gasteiger charge is 2.15. The van der Waals surface area contributed by atoms with E-state index in [0.29, 0.717) is 6.54 Å². The molecule has 0 radical (unpaired) electrons. The number of aliphatic hydroxyl groups excluding tert-OH is 1. The van der Waals surface area contributed by atoms with Crippen molar-refractivity contribution >= 4 is 0 Å². The molecule has 0 amide bonds. The number of nitrogens with zero attached hydrogens (tertiary/aromatic N) is 1. The fraction of sp³-hybridized carbons (Fsp3) is 0.600. The summed E-state index contributed by atoms with van der Waals surface area (Å²) < 4.78 is 11.1. The third-order valence-electron chi connectivity index (χ3n) is 3.24. The minimum Gasteiger partial charge on any atom is -0.395 e. The van der Waals surface area contributed by atoms with Crippen molar-refractivity contribution < 1.29 is 14.6 Å². The molecule has 0 aromatic heterocycles. The number of benzene rings is 1. The van der Waals surface area contributed by atoms with Crippen molar-refractivity contribution in [2.75, 3.05) is 32.9 Å². The van der Waals surface area contributed by atoms with Crippen LogP contribution in [0.1, 0.15) is 18.4 Å². The van der Waals surface area contributed by atoms with Gasteiger partial charge in [-0.3, -0.25) is 4.90 Å². The first-order valence-corrected chi connectivity index (χ1v) is 6.99. The van der Waals surface area contributed by atoms with Gasteiger partial charge >= 0.3 is 0 Å². The summed E-state index contributed by atoms with van der Waals surface area (Å²) in [4.78, 5) is 2.23. The van der Waals surface area contributed by atoms with Gasteiger partial charge in [0.1, 0.15) is 0 Å². The van der Waals surface area contributed by atoms with Crippen molar-refractivity contribution in [1.82, 2.24) is 4.90 Å². The fourth-order valence-electron chi connectivity index (χ4n) is 2.24. The summed E-state index contributed by atoms with van der Waals surface area (Å²) in [5, 5.41) is 9.15. The molecule has 2 rings (SSSR count). The normalized spacial score (nSPS) is 16.9. The second kappa shape index (κ2) is 8.27. The van der Waals surface area contributed by atoms with E-state index in [1.165, 1.54) is 5.56 Å². The summed E-state index contributed by atoms with van der Waals surface area (Å²) in [6.45, 7) is 4.18. The molecule has 0 saturated carbocycles. The fourth-order valence-corrected chi connectivity index (χ4v) is 2.24. The van der Waals surface area contributed by atoms with Crippen LogP contribution in [0.15, 0.2) is 30.3 Å². The largest absolute Gasteiger partial charge is 0.395 e. The summed E-state index contributed by atoms with van der Waals surface area (Å²) in [6.07, 6.45) is 1.76. The molecule has 1 aliphatic rings. The first kappa shape index (κ1) is 14.5. The van der Waals surface area contributed by atoms with E-state index >= 15 is 0 Å². The SMILES string of the molecule is OCCN(CCC1OCCCO1)Cc1ccccc1. The second-order valence-corrected chi connectivity index (χ2v) is 4.80. The maximum atomic E-state index is 9.15. The molecule has 1 aromatic carbocycles. The third-order valence-corrected chi connectivity index (χ3v) is 3.24. The highest BCUT2D eigenvalue weighted by atomic mass is 16.7. The van der Waals surface area contributed by atoms with E-state index in [1.807, 2.05) is 18.2 Å². The zero-order valence-electron chi connectivity index (χ0n) is 11.3. The molecule has 4 heteroatoms. The number of hydrogen-bond acceptors (Lipinski definition) is 4. The van der Waals surface area contributed by atoms with Gasteiger partial charge < -0.3 is 14.6 Å². The highest BCUT2D eigenvalue weighted by molar-refractivity contribution is 5.14. The summed E-state index contributed by atoms with van der Waals surface area (Å²) >= 11 is 0. The lowest BCUT2D eigenvalue weighted by atomic mass is 10.2. The Hall–Kier alpha value is -0.940. The average molecular weight is 265 g/mol. The summed E-state index contributed by atoms with van der Waals surface area (Å²) in [6, 6.07) is 10.3. The van der Waals surface area contributed by atoms with Gasteiger partial charge in [-0.2, -0.15) is 0 Å². The molecule has 1 N–H and O–H groups in total. The Balaban J connectivity index is 1.78. The van der Waals surface area contributed by atoms with E-state index in [-0.39, 0.29) is 12.9 Å². The molecule has 4 nitrogen and oxygen atoms in total. The molecule has 1 fully saturated rings. The predicted octanol–water partition coefficient (Wildman–Crippen LogP) is 1.63. The van der Waals surface area contributed by atoms with Crippen molar-refractivity contribution in [3.8, 4) is 0 Å². The van der Waals surface area contributed by atoms with Gasteiger partial charge in [0.25, 0.3) is 0 Å². The Morgan fingerprint density at radius 3 is 2.53 bits per heavy atom. The maximum Gasteiger partial charge on any atom is 0.158 e. The minimum absolute atomic E-state index is 0.0780. The Morgan fingerprint density at radius 2 is 1.84 bits per heavy atom. The summed E-state index contributed by atoms with van der Waals surface area (Å²) in [5.74, 6) is 0. The maximum absolute atomic E-state index is 9.15. The van der Waals surface area contributed by atoms with Crippen LogP contribution in [0.25, 0.3) is 0 Å². The first-order chi connectivity index (χ1) is 9.38. The van der Waals surface area contributed by atoms with Gasteiger partial charge in [0.05, 0.1) is 19.8 Å². The van der Waals surface area contributed by atoms with Crippen molar-refractivity contribution in [2.45, 2.75) is 25.7 Å². The van der Waals surface area contributed by atoms with Crippen molar-refractivity contribution in [1.29, 1.82) is 0 Å². The molecule has 1 heterocycles. The van der Waals surface area contributed by atoms with Gasteiger partial charge in [-0.25, -0.2) is 0 Å². The molecule has 1 aromatic rings. The van der Waals surface area contributed by atoms with Crippen LogP contribution in [-0.2, 0) is 16.0 Å². The van der Waals surface area contributed by atoms with Gasteiger partial charge in [-0.1, -0.05) is 30.3 Å². The highest BCUT2D eigenvalue weighted by Crippen LogP contribution is 2.11. The lowest BCUT2D eigenvalue weighted by molar-refractivity contribution is -0.182. The average Bonchev–Trinajstić information content (AvgIpc) is 2.47. The van der Waals surface area contributed by atoms with Crippen LogP contribution in [0.5, 0.6) is 0 Å². The van der Waals surface area contributed by atoms with E-state index in [0.717, 1.165) is 39.1 Å². The van der Waals surface area contributed by atoms with Crippen molar-refractivity contribution in [3.05, 3.63) is 35.9 Å². The number of hydrogen-bond donors (Lipinski definition) is 1. The lowest BCUT2D eigenvalue weighted by Gasteiger charge is -2.27. The van der Waals surface area contributed by atoms with Gasteiger partial charge in [0, 0.05) is 26.1 Å². The third kappa shape index (κ3) is 5.28.